The standard InChI is InChI=1S/C11H24N2O3/c1-12(3-2-6-14)9-11(15)10-13-4-7-16-8-5-13/h11,14-15H,2-10H2,1H3. The second-order valence-electron chi connectivity index (χ2n) is 4.41. The van der Waals surface area contributed by atoms with Crippen LogP contribution in [0.25, 0.3) is 0 Å². The van der Waals surface area contributed by atoms with E-state index in [1.807, 2.05) is 7.05 Å². The van der Waals surface area contributed by atoms with Crippen molar-refractivity contribution in [2.24, 2.45) is 0 Å². The molecule has 5 nitrogen and oxygen atoms in total. The van der Waals surface area contributed by atoms with Gasteiger partial charge in [0.1, 0.15) is 0 Å². The Labute approximate surface area is 97.6 Å². The molecule has 2 N–H and O–H groups in total. The molecule has 0 saturated carbocycles. The van der Waals surface area contributed by atoms with E-state index in [4.69, 9.17) is 9.84 Å². The topological polar surface area (TPSA) is 56.2 Å². The van der Waals surface area contributed by atoms with Crippen LogP contribution in [-0.4, -0.2) is 85.7 Å². The van der Waals surface area contributed by atoms with Crippen molar-refractivity contribution in [2.75, 3.05) is 59.6 Å². The van der Waals surface area contributed by atoms with Gasteiger partial charge in [-0.1, -0.05) is 0 Å². The maximum atomic E-state index is 9.88. The summed E-state index contributed by atoms with van der Waals surface area (Å²) in [6, 6.07) is 0. The Kier molecular flexibility index (Phi) is 6.91. The molecule has 16 heavy (non-hydrogen) atoms. The fourth-order valence-electron chi connectivity index (χ4n) is 1.93. The van der Waals surface area contributed by atoms with E-state index in [-0.39, 0.29) is 12.7 Å². The van der Waals surface area contributed by atoms with Crippen LogP contribution in [0.1, 0.15) is 6.42 Å². The van der Waals surface area contributed by atoms with Crippen LogP contribution in [0.4, 0.5) is 0 Å². The Balaban J connectivity index is 2.11. The van der Waals surface area contributed by atoms with Crippen LogP contribution in [0, 0.1) is 0 Å². The predicted octanol–water partition coefficient (Wildman–Crippen LogP) is -1.01. The molecule has 0 aromatic carbocycles. The average molecular weight is 232 g/mol. The molecule has 0 bridgehead atoms. The quantitative estimate of drug-likeness (QED) is 0.589. The summed E-state index contributed by atoms with van der Waals surface area (Å²) in [4.78, 5) is 4.29. The molecule has 0 aromatic rings. The van der Waals surface area contributed by atoms with E-state index in [0.29, 0.717) is 13.1 Å². The molecule has 0 spiro atoms. The van der Waals surface area contributed by atoms with Crippen molar-refractivity contribution in [2.45, 2.75) is 12.5 Å². The van der Waals surface area contributed by atoms with Crippen molar-refractivity contribution in [1.29, 1.82) is 0 Å². The molecule has 1 fully saturated rings. The van der Waals surface area contributed by atoms with Gasteiger partial charge in [0.05, 0.1) is 19.3 Å². The summed E-state index contributed by atoms with van der Waals surface area (Å²) in [7, 11) is 1.97. The van der Waals surface area contributed by atoms with Crippen molar-refractivity contribution in [3.8, 4) is 0 Å². The van der Waals surface area contributed by atoms with Crippen LogP contribution in [0.15, 0.2) is 0 Å². The lowest BCUT2D eigenvalue weighted by Gasteiger charge is -2.30. The molecule has 5 heteroatoms. The van der Waals surface area contributed by atoms with Gasteiger partial charge in [-0.2, -0.15) is 0 Å². The van der Waals surface area contributed by atoms with Crippen LogP contribution in [0.5, 0.6) is 0 Å². The van der Waals surface area contributed by atoms with E-state index in [0.717, 1.165) is 39.3 Å². The third-order valence-electron chi connectivity index (χ3n) is 2.79. The van der Waals surface area contributed by atoms with Crippen LogP contribution >= 0.6 is 0 Å². The number of β-amino-alcohol motifs (C(OH)–C–C–N with tert-alkyl or cyclic N) is 1. The highest BCUT2D eigenvalue weighted by Crippen LogP contribution is 2.00. The molecule has 1 aliphatic heterocycles. The molecule has 0 aliphatic carbocycles. The molecular formula is C11H24N2O3. The van der Waals surface area contributed by atoms with Crippen LogP contribution in [0.2, 0.25) is 0 Å². The third kappa shape index (κ3) is 5.77. The molecule has 0 aromatic heterocycles. The first kappa shape index (κ1) is 13.9. The van der Waals surface area contributed by atoms with Gasteiger partial charge < -0.3 is 19.8 Å². The number of aliphatic hydroxyl groups excluding tert-OH is 2. The minimum Gasteiger partial charge on any atom is -0.396 e. The fourth-order valence-corrected chi connectivity index (χ4v) is 1.93. The largest absolute Gasteiger partial charge is 0.396 e. The number of hydrogen-bond acceptors (Lipinski definition) is 5. The molecule has 96 valence electrons. The maximum absolute atomic E-state index is 9.88. The Bertz CT molecular complexity index is 175. The van der Waals surface area contributed by atoms with E-state index in [2.05, 4.69) is 9.80 Å². The van der Waals surface area contributed by atoms with Crippen molar-refractivity contribution in [3.63, 3.8) is 0 Å². The van der Waals surface area contributed by atoms with E-state index < -0.39 is 0 Å². The molecule has 1 rings (SSSR count). The number of aliphatic hydroxyl groups is 2. The first-order chi connectivity index (χ1) is 7.72. The molecule has 0 amide bonds. The van der Waals surface area contributed by atoms with E-state index in [1.165, 1.54) is 0 Å². The Morgan fingerprint density at radius 1 is 1.38 bits per heavy atom. The van der Waals surface area contributed by atoms with Crippen molar-refractivity contribution < 1.29 is 14.9 Å². The molecule has 0 radical (unpaired) electrons. The van der Waals surface area contributed by atoms with Gasteiger partial charge in [-0.25, -0.2) is 0 Å². The van der Waals surface area contributed by atoms with Gasteiger partial charge >= 0.3 is 0 Å². The summed E-state index contributed by atoms with van der Waals surface area (Å²) in [5.74, 6) is 0. The monoisotopic (exact) mass is 232 g/mol. The number of likely N-dealkylation sites (N-methyl/N-ethyl adjacent to an activating group) is 1. The van der Waals surface area contributed by atoms with Crippen molar-refractivity contribution in [1.82, 2.24) is 9.80 Å². The van der Waals surface area contributed by atoms with Crippen molar-refractivity contribution in [3.05, 3.63) is 0 Å². The summed E-state index contributed by atoms with van der Waals surface area (Å²) in [6.45, 7) is 5.79. The van der Waals surface area contributed by atoms with Gasteiger partial charge in [0.25, 0.3) is 0 Å². The van der Waals surface area contributed by atoms with Gasteiger partial charge in [-0.15, -0.1) is 0 Å². The second kappa shape index (κ2) is 7.97. The van der Waals surface area contributed by atoms with Gasteiger partial charge in [0.2, 0.25) is 0 Å². The van der Waals surface area contributed by atoms with E-state index in [1.54, 1.807) is 0 Å². The second-order valence-corrected chi connectivity index (χ2v) is 4.41. The minimum absolute atomic E-state index is 0.212. The number of nitrogens with zero attached hydrogens (tertiary/aromatic N) is 2. The maximum Gasteiger partial charge on any atom is 0.0793 e. The lowest BCUT2D eigenvalue weighted by molar-refractivity contribution is 0.00844. The molecule has 1 saturated heterocycles. The highest BCUT2D eigenvalue weighted by Gasteiger charge is 2.15. The summed E-state index contributed by atoms with van der Waals surface area (Å²) >= 11 is 0. The normalized spacial score (nSPS) is 20.2. The SMILES string of the molecule is CN(CCCO)CC(O)CN1CCOCC1. The number of hydrogen-bond donors (Lipinski definition) is 2. The summed E-state index contributed by atoms with van der Waals surface area (Å²) in [5, 5.41) is 18.6. The predicted molar refractivity (Wildman–Crippen MR) is 62.5 cm³/mol. The first-order valence-corrected chi connectivity index (χ1v) is 6.00. The average Bonchev–Trinajstić information content (AvgIpc) is 2.27. The van der Waals surface area contributed by atoms with Gasteiger partial charge in [-0.3, -0.25) is 4.90 Å². The Morgan fingerprint density at radius 3 is 2.69 bits per heavy atom. The Hall–Kier alpha value is -0.200. The zero-order valence-corrected chi connectivity index (χ0v) is 10.1. The lowest BCUT2D eigenvalue weighted by atomic mass is 10.2. The van der Waals surface area contributed by atoms with Gasteiger partial charge in [0, 0.05) is 39.3 Å². The van der Waals surface area contributed by atoms with Gasteiger partial charge in [0.15, 0.2) is 0 Å². The summed E-state index contributed by atoms with van der Waals surface area (Å²) in [5.41, 5.74) is 0. The van der Waals surface area contributed by atoms with Crippen LogP contribution in [0.3, 0.4) is 0 Å². The Morgan fingerprint density at radius 2 is 2.06 bits per heavy atom. The zero-order chi connectivity index (χ0) is 11.8. The van der Waals surface area contributed by atoms with Crippen LogP contribution < -0.4 is 0 Å². The van der Waals surface area contributed by atoms with Crippen molar-refractivity contribution >= 4 is 0 Å². The summed E-state index contributed by atoms with van der Waals surface area (Å²) in [6.07, 6.45) is 0.447. The van der Waals surface area contributed by atoms with Gasteiger partial charge in [-0.05, 0) is 13.5 Å². The summed E-state index contributed by atoms with van der Waals surface area (Å²) < 4.78 is 5.25. The molecule has 1 aliphatic rings. The highest BCUT2D eigenvalue weighted by molar-refractivity contribution is 4.69. The fraction of sp³-hybridized carbons (Fsp3) is 1.00. The minimum atomic E-state index is -0.318. The number of ether oxygens (including phenoxy) is 1. The zero-order valence-electron chi connectivity index (χ0n) is 10.1. The molecular weight excluding hydrogens is 208 g/mol. The highest BCUT2D eigenvalue weighted by atomic mass is 16.5. The lowest BCUT2D eigenvalue weighted by Crippen LogP contribution is -2.44. The molecule has 1 atom stereocenters. The third-order valence-corrected chi connectivity index (χ3v) is 2.79. The molecule has 1 unspecified atom stereocenters. The smallest absolute Gasteiger partial charge is 0.0793 e. The number of rotatable bonds is 7. The van der Waals surface area contributed by atoms with Crippen LogP contribution in [-0.2, 0) is 4.74 Å². The van der Waals surface area contributed by atoms with E-state index in [9.17, 15) is 5.11 Å². The first-order valence-electron chi connectivity index (χ1n) is 6.00. The number of morpholine rings is 1. The molecule has 1 heterocycles. The van der Waals surface area contributed by atoms with E-state index >= 15 is 0 Å².